The topological polar surface area (TPSA) is 43.9 Å². The van der Waals surface area contributed by atoms with E-state index in [0.717, 1.165) is 38.8 Å². The van der Waals surface area contributed by atoms with Crippen LogP contribution in [-0.2, 0) is 0 Å². The molecule has 3 heterocycles. The van der Waals surface area contributed by atoms with Crippen molar-refractivity contribution in [2.45, 2.75) is 0 Å². The zero-order chi connectivity index (χ0) is 31.3. The maximum Gasteiger partial charge on any atom is 0.233 e. The summed E-state index contributed by atoms with van der Waals surface area (Å²) >= 11 is 0. The molecule has 0 saturated carbocycles. The second-order valence-electron chi connectivity index (χ2n) is 12.6. The molecule has 0 aliphatic carbocycles. The molecular weight excluding hydrogens is 587 g/mol. The largest absolute Gasteiger partial charge is 0.437 e. The van der Waals surface area contributed by atoms with E-state index in [1.807, 2.05) is 18.2 Å². The Labute approximate surface area is 274 Å². The van der Waals surface area contributed by atoms with E-state index < -0.39 is 0 Å². The molecule has 3 aromatic heterocycles. The molecule has 0 saturated heterocycles. The smallest absolute Gasteiger partial charge is 0.233 e. The lowest BCUT2D eigenvalue weighted by Crippen LogP contribution is -2.02. The van der Waals surface area contributed by atoms with Crippen LogP contribution in [0.4, 0.5) is 0 Å². The van der Waals surface area contributed by atoms with Gasteiger partial charge in [-0.15, -0.1) is 0 Å². The van der Waals surface area contributed by atoms with Crippen molar-refractivity contribution in [3.8, 4) is 17.2 Å². The summed E-state index contributed by atoms with van der Waals surface area (Å²) < 4.78 is 8.80. The summed E-state index contributed by atoms with van der Waals surface area (Å²) in [5.41, 5.74) is 4.50. The molecule has 8 aromatic carbocycles. The molecule has 48 heavy (non-hydrogen) atoms. The van der Waals surface area contributed by atoms with Gasteiger partial charge in [0, 0.05) is 21.7 Å². The first kappa shape index (κ1) is 25.6. The standard InChI is InChI=1S/C44H25N3O/c1-2-12-27-25-39-37(23-26(27)11-1)34-17-7-9-19-38(34)47(39)43-41-35-18-8-10-20-40(35)48-44(41)46-42(45-43)28-21-22-33-31-15-4-3-13-29(31)30-14-5-6-16-32(30)36(33)24-28/h1-25H. The molecule has 0 N–H and O–H groups in total. The highest BCUT2D eigenvalue weighted by atomic mass is 16.3. The molecule has 222 valence electrons. The third-order valence-electron chi connectivity index (χ3n) is 9.97. The summed E-state index contributed by atoms with van der Waals surface area (Å²) in [5, 5.41) is 14.0. The number of fused-ring (bicyclic) bond motifs is 13. The van der Waals surface area contributed by atoms with Crippen LogP contribution in [-0.4, -0.2) is 14.5 Å². The summed E-state index contributed by atoms with van der Waals surface area (Å²) in [4.78, 5) is 10.6. The predicted molar refractivity (Wildman–Crippen MR) is 199 cm³/mol. The highest BCUT2D eigenvalue weighted by molar-refractivity contribution is 6.26. The highest BCUT2D eigenvalue weighted by Gasteiger charge is 2.22. The van der Waals surface area contributed by atoms with Crippen LogP contribution in [0, 0.1) is 0 Å². The summed E-state index contributed by atoms with van der Waals surface area (Å²) in [7, 11) is 0. The molecular formula is C44H25N3O. The molecule has 0 amide bonds. The molecule has 0 unspecified atom stereocenters. The van der Waals surface area contributed by atoms with E-state index in [4.69, 9.17) is 14.4 Å². The minimum atomic E-state index is 0.575. The van der Waals surface area contributed by atoms with Crippen molar-refractivity contribution in [3.05, 3.63) is 152 Å². The second kappa shape index (κ2) is 9.50. The lowest BCUT2D eigenvalue weighted by atomic mass is 9.93. The molecule has 0 aliphatic heterocycles. The quantitative estimate of drug-likeness (QED) is 0.183. The number of aromatic nitrogens is 3. The number of para-hydroxylation sites is 2. The average molecular weight is 612 g/mol. The molecule has 0 aliphatic rings. The van der Waals surface area contributed by atoms with Gasteiger partial charge >= 0.3 is 0 Å². The van der Waals surface area contributed by atoms with Gasteiger partial charge in [0.05, 0.1) is 16.4 Å². The van der Waals surface area contributed by atoms with Gasteiger partial charge in [-0.3, -0.25) is 4.57 Å². The van der Waals surface area contributed by atoms with Crippen LogP contribution in [0.1, 0.15) is 0 Å². The number of furan rings is 1. The normalized spacial score (nSPS) is 12.2. The maximum atomic E-state index is 6.50. The van der Waals surface area contributed by atoms with Crippen LogP contribution in [0.2, 0.25) is 0 Å². The Hall–Kier alpha value is -6.52. The third-order valence-corrected chi connectivity index (χ3v) is 9.97. The fourth-order valence-corrected chi connectivity index (χ4v) is 7.83. The average Bonchev–Trinajstić information content (AvgIpc) is 3.69. The van der Waals surface area contributed by atoms with Crippen molar-refractivity contribution in [2.75, 3.05) is 0 Å². The van der Waals surface area contributed by atoms with Crippen molar-refractivity contribution in [1.82, 2.24) is 14.5 Å². The Bertz CT molecular complexity index is 3090. The van der Waals surface area contributed by atoms with Crippen molar-refractivity contribution in [2.24, 2.45) is 0 Å². The zero-order valence-corrected chi connectivity index (χ0v) is 25.7. The van der Waals surface area contributed by atoms with Gasteiger partial charge in [0.15, 0.2) is 11.6 Å². The predicted octanol–water partition coefficient (Wildman–Crippen LogP) is 11.8. The van der Waals surface area contributed by atoms with Gasteiger partial charge in [0.25, 0.3) is 0 Å². The fraction of sp³-hybridized carbons (Fsp3) is 0. The monoisotopic (exact) mass is 611 g/mol. The molecule has 0 fully saturated rings. The first-order valence-electron chi connectivity index (χ1n) is 16.3. The number of benzene rings is 8. The van der Waals surface area contributed by atoms with Crippen LogP contribution in [0.15, 0.2) is 156 Å². The van der Waals surface area contributed by atoms with Gasteiger partial charge in [0.2, 0.25) is 5.71 Å². The molecule has 11 aromatic rings. The fourth-order valence-electron chi connectivity index (χ4n) is 7.83. The molecule has 0 atom stereocenters. The number of hydrogen-bond acceptors (Lipinski definition) is 3. The maximum absolute atomic E-state index is 6.50. The number of nitrogens with zero attached hydrogens (tertiary/aromatic N) is 3. The number of rotatable bonds is 2. The highest BCUT2D eigenvalue weighted by Crippen LogP contribution is 2.41. The van der Waals surface area contributed by atoms with Gasteiger partial charge in [-0.05, 0) is 73.4 Å². The van der Waals surface area contributed by atoms with Crippen molar-refractivity contribution in [1.29, 1.82) is 0 Å². The second-order valence-corrected chi connectivity index (χ2v) is 12.6. The van der Waals surface area contributed by atoms with E-state index in [2.05, 4.69) is 138 Å². The van der Waals surface area contributed by atoms with E-state index in [0.29, 0.717) is 11.5 Å². The van der Waals surface area contributed by atoms with Crippen molar-refractivity contribution < 1.29 is 4.42 Å². The van der Waals surface area contributed by atoms with Gasteiger partial charge in [-0.1, -0.05) is 121 Å². The van der Waals surface area contributed by atoms with Crippen LogP contribution in [0.3, 0.4) is 0 Å². The third kappa shape index (κ3) is 3.49. The first-order valence-corrected chi connectivity index (χ1v) is 16.3. The van der Waals surface area contributed by atoms with Crippen molar-refractivity contribution >= 4 is 87.0 Å². The number of hydrogen-bond donors (Lipinski definition) is 0. The van der Waals surface area contributed by atoms with Crippen LogP contribution < -0.4 is 0 Å². The van der Waals surface area contributed by atoms with E-state index in [1.165, 1.54) is 53.9 Å². The van der Waals surface area contributed by atoms with E-state index in [1.54, 1.807) is 0 Å². The first-order chi connectivity index (χ1) is 23.8. The van der Waals surface area contributed by atoms with E-state index in [-0.39, 0.29) is 0 Å². The molecule has 0 bridgehead atoms. The summed E-state index contributed by atoms with van der Waals surface area (Å²) in [5.74, 6) is 1.44. The SMILES string of the molecule is c1ccc2cc3c(cc2c1)c1ccccc1n3-c1nc(-c2ccc3c4ccccc4c4ccccc4c3c2)nc2oc3ccccc3c12. The van der Waals surface area contributed by atoms with Crippen LogP contribution in [0.25, 0.3) is 104 Å². The minimum Gasteiger partial charge on any atom is -0.437 e. The van der Waals surface area contributed by atoms with Gasteiger partial charge in [-0.2, -0.15) is 4.98 Å². The minimum absolute atomic E-state index is 0.575. The summed E-state index contributed by atoms with van der Waals surface area (Å²) in [6.07, 6.45) is 0. The lowest BCUT2D eigenvalue weighted by Gasteiger charge is -2.13. The molecule has 0 spiro atoms. The Kier molecular flexibility index (Phi) is 5.08. The molecule has 11 rings (SSSR count). The Morgan fingerprint density at radius 3 is 1.75 bits per heavy atom. The zero-order valence-electron chi connectivity index (χ0n) is 25.7. The molecule has 0 radical (unpaired) electrons. The van der Waals surface area contributed by atoms with Gasteiger partial charge < -0.3 is 4.42 Å². The van der Waals surface area contributed by atoms with Crippen LogP contribution >= 0.6 is 0 Å². The molecule has 4 nitrogen and oxygen atoms in total. The Morgan fingerprint density at radius 2 is 1.00 bits per heavy atom. The lowest BCUT2D eigenvalue weighted by molar-refractivity contribution is 0.653. The van der Waals surface area contributed by atoms with Crippen LogP contribution in [0.5, 0.6) is 0 Å². The summed E-state index contributed by atoms with van der Waals surface area (Å²) in [6.45, 7) is 0. The Morgan fingerprint density at radius 1 is 0.417 bits per heavy atom. The Balaban J connectivity index is 1.27. The summed E-state index contributed by atoms with van der Waals surface area (Å²) in [6, 6.07) is 53.8. The van der Waals surface area contributed by atoms with Gasteiger partial charge in [-0.25, -0.2) is 4.98 Å². The van der Waals surface area contributed by atoms with Crippen molar-refractivity contribution in [3.63, 3.8) is 0 Å². The van der Waals surface area contributed by atoms with E-state index in [9.17, 15) is 0 Å². The van der Waals surface area contributed by atoms with Gasteiger partial charge in [0.1, 0.15) is 5.58 Å². The van der Waals surface area contributed by atoms with E-state index >= 15 is 0 Å². The molecule has 4 heteroatoms.